The molecule has 0 saturated carbocycles. The number of non-ortho nitro benzene ring substituents is 1. The van der Waals surface area contributed by atoms with Crippen LogP contribution in [0.3, 0.4) is 0 Å². The normalized spacial score (nSPS) is 11.5. The van der Waals surface area contributed by atoms with Crippen molar-refractivity contribution in [3.8, 4) is 0 Å². The zero-order chi connectivity index (χ0) is 15.3. The van der Waals surface area contributed by atoms with Crippen LogP contribution in [-0.2, 0) is 4.79 Å². The van der Waals surface area contributed by atoms with Gasteiger partial charge in [0.25, 0.3) is 5.69 Å². The average Bonchev–Trinajstić information content (AvgIpc) is 2.37. The number of rotatable bonds is 5. The second kappa shape index (κ2) is 6.71. The summed E-state index contributed by atoms with van der Waals surface area (Å²) in [6, 6.07) is 1.69. The van der Waals surface area contributed by atoms with E-state index >= 15 is 0 Å². The highest BCUT2D eigenvalue weighted by molar-refractivity contribution is 6.33. The van der Waals surface area contributed by atoms with E-state index in [1.54, 1.807) is 6.92 Å². The molecule has 108 valence electrons. The lowest BCUT2D eigenvalue weighted by Crippen LogP contribution is -2.42. The van der Waals surface area contributed by atoms with Gasteiger partial charge in [0.15, 0.2) is 0 Å². The van der Waals surface area contributed by atoms with Crippen LogP contribution in [0.25, 0.3) is 0 Å². The lowest BCUT2D eigenvalue weighted by Gasteiger charge is -2.13. The Bertz CT molecular complexity index is 549. The van der Waals surface area contributed by atoms with E-state index < -0.39 is 23.0 Å². The average molecular weight is 302 g/mol. The highest BCUT2D eigenvalue weighted by Crippen LogP contribution is 2.26. The van der Waals surface area contributed by atoms with Gasteiger partial charge in [0.2, 0.25) is 0 Å². The van der Waals surface area contributed by atoms with Gasteiger partial charge in [-0.3, -0.25) is 10.1 Å². The third-order valence-corrected chi connectivity index (χ3v) is 2.75. The summed E-state index contributed by atoms with van der Waals surface area (Å²) in [5, 5.41) is 24.0. The number of benzene rings is 1. The number of urea groups is 1. The SMILES string of the molecule is CC[C@@H](NC(=O)Nc1cc([N+](=O)[O-])ccc1Cl)C(=O)O. The van der Waals surface area contributed by atoms with Crippen LogP contribution in [0.15, 0.2) is 18.2 Å². The number of nitrogens with zero attached hydrogens (tertiary/aromatic N) is 1. The predicted molar refractivity (Wildman–Crippen MR) is 72.0 cm³/mol. The van der Waals surface area contributed by atoms with Crippen molar-refractivity contribution in [2.45, 2.75) is 19.4 Å². The predicted octanol–water partition coefficient (Wildman–Crippen LogP) is 2.23. The molecule has 0 aliphatic heterocycles. The van der Waals surface area contributed by atoms with E-state index in [2.05, 4.69) is 10.6 Å². The number of anilines is 1. The minimum atomic E-state index is -1.17. The summed E-state index contributed by atoms with van der Waals surface area (Å²) < 4.78 is 0. The lowest BCUT2D eigenvalue weighted by molar-refractivity contribution is -0.384. The third kappa shape index (κ3) is 4.09. The fourth-order valence-corrected chi connectivity index (χ4v) is 1.54. The molecule has 1 rings (SSSR count). The van der Waals surface area contributed by atoms with Crippen LogP contribution < -0.4 is 10.6 Å². The van der Waals surface area contributed by atoms with Crippen LogP contribution in [-0.4, -0.2) is 28.1 Å². The molecule has 8 nitrogen and oxygen atoms in total. The Morgan fingerprint density at radius 1 is 1.50 bits per heavy atom. The molecule has 0 spiro atoms. The Morgan fingerprint density at radius 3 is 2.65 bits per heavy atom. The standard InChI is InChI=1S/C11H12ClN3O5/c1-2-8(10(16)17)13-11(18)14-9-5-6(15(19)20)3-4-7(9)12/h3-5,8H,2H2,1H3,(H,16,17)(H2,13,14,18)/t8-/m1/s1. The topological polar surface area (TPSA) is 122 Å². The molecule has 3 N–H and O–H groups in total. The van der Waals surface area contributed by atoms with Gasteiger partial charge < -0.3 is 15.7 Å². The van der Waals surface area contributed by atoms with E-state index in [-0.39, 0.29) is 22.8 Å². The molecule has 0 radical (unpaired) electrons. The molecule has 9 heteroatoms. The number of amides is 2. The molecule has 0 saturated heterocycles. The lowest BCUT2D eigenvalue weighted by atomic mass is 10.2. The molecule has 0 aliphatic carbocycles. The number of nitrogens with one attached hydrogen (secondary N) is 2. The maximum atomic E-state index is 11.6. The fourth-order valence-electron chi connectivity index (χ4n) is 1.38. The minimum absolute atomic E-state index is 0.0265. The van der Waals surface area contributed by atoms with Gasteiger partial charge in [-0.25, -0.2) is 9.59 Å². The molecule has 0 bridgehead atoms. The van der Waals surface area contributed by atoms with Gasteiger partial charge >= 0.3 is 12.0 Å². The van der Waals surface area contributed by atoms with Crippen LogP contribution in [0.1, 0.15) is 13.3 Å². The smallest absolute Gasteiger partial charge is 0.326 e. The second-order valence-corrected chi connectivity index (χ2v) is 4.23. The molecule has 0 heterocycles. The van der Waals surface area contributed by atoms with E-state index in [0.717, 1.165) is 6.07 Å². The van der Waals surface area contributed by atoms with Gasteiger partial charge in [-0.15, -0.1) is 0 Å². The van der Waals surface area contributed by atoms with Crippen LogP contribution in [0.5, 0.6) is 0 Å². The number of nitro benzene ring substituents is 1. The largest absolute Gasteiger partial charge is 0.480 e. The molecule has 0 fully saturated rings. The maximum Gasteiger partial charge on any atom is 0.326 e. The molecule has 20 heavy (non-hydrogen) atoms. The number of carboxylic acids is 1. The minimum Gasteiger partial charge on any atom is -0.480 e. The number of aliphatic carboxylic acids is 1. The zero-order valence-corrected chi connectivity index (χ0v) is 11.2. The zero-order valence-electron chi connectivity index (χ0n) is 10.4. The molecule has 1 aromatic carbocycles. The van der Waals surface area contributed by atoms with Crippen LogP contribution in [0.2, 0.25) is 5.02 Å². The summed E-state index contributed by atoms with van der Waals surface area (Å²) in [4.78, 5) is 32.4. The summed E-state index contributed by atoms with van der Waals surface area (Å²) in [7, 11) is 0. The van der Waals surface area contributed by atoms with Crippen molar-refractivity contribution in [2.24, 2.45) is 0 Å². The highest BCUT2D eigenvalue weighted by atomic mass is 35.5. The van der Waals surface area contributed by atoms with E-state index in [1.165, 1.54) is 12.1 Å². The van der Waals surface area contributed by atoms with Gasteiger partial charge in [-0.1, -0.05) is 18.5 Å². The van der Waals surface area contributed by atoms with Gasteiger partial charge in [0, 0.05) is 12.1 Å². The van der Waals surface area contributed by atoms with Crippen molar-refractivity contribution in [2.75, 3.05) is 5.32 Å². The monoisotopic (exact) mass is 301 g/mol. The second-order valence-electron chi connectivity index (χ2n) is 3.82. The summed E-state index contributed by atoms with van der Waals surface area (Å²) in [6.45, 7) is 1.60. The van der Waals surface area contributed by atoms with Crippen molar-refractivity contribution in [3.05, 3.63) is 33.3 Å². The molecule has 0 unspecified atom stereocenters. The number of halogens is 1. The first-order valence-electron chi connectivity index (χ1n) is 5.59. The van der Waals surface area contributed by atoms with E-state index in [9.17, 15) is 19.7 Å². The van der Waals surface area contributed by atoms with E-state index in [0.29, 0.717) is 0 Å². The first kappa shape index (κ1) is 15.7. The number of nitro groups is 1. The molecular weight excluding hydrogens is 290 g/mol. The van der Waals surface area contributed by atoms with Gasteiger partial charge in [-0.05, 0) is 12.5 Å². The molecular formula is C11H12ClN3O5. The quantitative estimate of drug-likeness (QED) is 0.568. The number of carboxylic acid groups (broad SMARTS) is 1. The van der Waals surface area contributed by atoms with Crippen molar-refractivity contribution in [3.63, 3.8) is 0 Å². The third-order valence-electron chi connectivity index (χ3n) is 2.42. The van der Waals surface area contributed by atoms with Crippen LogP contribution >= 0.6 is 11.6 Å². The maximum absolute atomic E-state index is 11.6. The molecule has 1 aromatic rings. The first-order chi connectivity index (χ1) is 9.35. The van der Waals surface area contributed by atoms with Crippen molar-refractivity contribution >= 4 is 35.0 Å². The van der Waals surface area contributed by atoms with Crippen LogP contribution in [0.4, 0.5) is 16.2 Å². The Balaban J connectivity index is 2.82. The van der Waals surface area contributed by atoms with Crippen molar-refractivity contribution < 1.29 is 19.6 Å². The number of carbonyl (C=O) groups excluding carboxylic acids is 1. The summed E-state index contributed by atoms with van der Waals surface area (Å²) in [5.41, 5.74) is -0.214. The summed E-state index contributed by atoms with van der Waals surface area (Å²) in [5.74, 6) is -1.17. The molecule has 0 aromatic heterocycles. The van der Waals surface area contributed by atoms with E-state index in [4.69, 9.17) is 16.7 Å². The van der Waals surface area contributed by atoms with E-state index in [1.807, 2.05) is 0 Å². The molecule has 2 amide bonds. The highest BCUT2D eigenvalue weighted by Gasteiger charge is 2.18. The number of hydrogen-bond donors (Lipinski definition) is 3. The molecule has 1 atom stereocenters. The van der Waals surface area contributed by atoms with Crippen molar-refractivity contribution in [1.29, 1.82) is 0 Å². The van der Waals surface area contributed by atoms with Crippen molar-refractivity contribution in [1.82, 2.24) is 5.32 Å². The fraction of sp³-hybridized carbons (Fsp3) is 0.273. The Kier molecular flexibility index (Phi) is 5.27. The Morgan fingerprint density at radius 2 is 2.15 bits per heavy atom. The van der Waals surface area contributed by atoms with Gasteiger partial charge in [0.05, 0.1) is 15.6 Å². The molecule has 0 aliphatic rings. The number of hydrogen-bond acceptors (Lipinski definition) is 4. The Hall–Kier alpha value is -2.35. The van der Waals surface area contributed by atoms with Gasteiger partial charge in [0.1, 0.15) is 6.04 Å². The first-order valence-corrected chi connectivity index (χ1v) is 5.97. The Labute approximate surface area is 118 Å². The van der Waals surface area contributed by atoms with Gasteiger partial charge in [-0.2, -0.15) is 0 Å². The number of carbonyl (C=O) groups is 2. The summed E-state index contributed by atoms with van der Waals surface area (Å²) >= 11 is 5.80. The van der Waals surface area contributed by atoms with Crippen LogP contribution in [0, 0.1) is 10.1 Å². The summed E-state index contributed by atoms with van der Waals surface area (Å²) in [6.07, 6.45) is 0.200.